The van der Waals surface area contributed by atoms with Crippen molar-refractivity contribution >= 4 is 11.6 Å². The maximum atomic E-state index is 12.8. The van der Waals surface area contributed by atoms with Crippen molar-refractivity contribution in [2.75, 3.05) is 5.88 Å². The number of hydrogen-bond donors (Lipinski definition) is 0. The van der Waals surface area contributed by atoms with E-state index in [2.05, 4.69) is 11.8 Å². The summed E-state index contributed by atoms with van der Waals surface area (Å²) < 4.78 is 25.6. The van der Waals surface area contributed by atoms with Gasteiger partial charge in [-0.3, -0.25) is 0 Å². The second-order valence-electron chi connectivity index (χ2n) is 2.03. The van der Waals surface area contributed by atoms with Crippen LogP contribution in [-0.4, -0.2) is 5.88 Å². The summed E-state index contributed by atoms with van der Waals surface area (Å²) in [6, 6.07) is 3.60. The zero-order chi connectivity index (χ0) is 8.97. The van der Waals surface area contributed by atoms with Gasteiger partial charge in [-0.05, 0) is 12.1 Å². The fourth-order valence-corrected chi connectivity index (χ4v) is 0.806. The monoisotopic (exact) mass is 186 g/mol. The fourth-order valence-electron chi connectivity index (χ4n) is 0.739. The molecule has 0 unspecified atom stereocenters. The average molecular weight is 187 g/mol. The molecular formula is C9H5ClF2. The minimum Gasteiger partial charge on any atom is -0.206 e. The lowest BCUT2D eigenvalue weighted by Crippen LogP contribution is -1.88. The van der Waals surface area contributed by atoms with Crippen molar-refractivity contribution < 1.29 is 8.78 Å². The van der Waals surface area contributed by atoms with Gasteiger partial charge in [-0.25, -0.2) is 8.78 Å². The van der Waals surface area contributed by atoms with Crippen molar-refractivity contribution in [2.24, 2.45) is 0 Å². The maximum Gasteiger partial charge on any atom is 0.141 e. The lowest BCUT2D eigenvalue weighted by molar-refractivity contribution is 0.577. The van der Waals surface area contributed by atoms with E-state index in [4.69, 9.17) is 11.6 Å². The number of alkyl halides is 1. The number of rotatable bonds is 0. The molecule has 0 aliphatic heterocycles. The standard InChI is InChI=1S/C9H5ClF2/c10-6-2-3-7-8(11)4-1-5-9(7)12/h1,4-5H,6H2. The van der Waals surface area contributed by atoms with Crippen LogP contribution in [0.3, 0.4) is 0 Å². The largest absolute Gasteiger partial charge is 0.206 e. The number of benzene rings is 1. The van der Waals surface area contributed by atoms with Crippen molar-refractivity contribution in [1.29, 1.82) is 0 Å². The predicted molar refractivity (Wildman–Crippen MR) is 44.0 cm³/mol. The van der Waals surface area contributed by atoms with Gasteiger partial charge in [-0.1, -0.05) is 17.9 Å². The van der Waals surface area contributed by atoms with Crippen LogP contribution in [0.25, 0.3) is 0 Å². The third-order valence-electron chi connectivity index (χ3n) is 1.24. The molecule has 0 nitrogen and oxygen atoms in total. The Morgan fingerprint density at radius 1 is 1.25 bits per heavy atom. The minimum atomic E-state index is -0.660. The third-order valence-corrected chi connectivity index (χ3v) is 1.38. The Morgan fingerprint density at radius 2 is 1.83 bits per heavy atom. The summed E-state index contributed by atoms with van der Waals surface area (Å²) in [7, 11) is 0. The van der Waals surface area contributed by atoms with Crippen LogP contribution in [0.2, 0.25) is 0 Å². The molecule has 0 fully saturated rings. The Morgan fingerprint density at radius 3 is 2.33 bits per heavy atom. The average Bonchev–Trinajstić information content (AvgIpc) is 2.04. The molecule has 12 heavy (non-hydrogen) atoms. The van der Waals surface area contributed by atoms with Gasteiger partial charge in [-0.2, -0.15) is 0 Å². The highest BCUT2D eigenvalue weighted by Crippen LogP contribution is 2.09. The van der Waals surface area contributed by atoms with Crippen LogP contribution in [0.4, 0.5) is 8.78 Å². The first-order valence-corrected chi connectivity index (χ1v) is 3.78. The van der Waals surface area contributed by atoms with Crippen LogP contribution in [0, 0.1) is 23.5 Å². The summed E-state index contributed by atoms with van der Waals surface area (Å²) in [5, 5.41) is 0. The van der Waals surface area contributed by atoms with Crippen LogP contribution in [0.5, 0.6) is 0 Å². The number of hydrogen-bond acceptors (Lipinski definition) is 0. The van der Waals surface area contributed by atoms with Crippen molar-refractivity contribution in [3.63, 3.8) is 0 Å². The SMILES string of the molecule is Fc1cccc(F)c1C#CCCl. The van der Waals surface area contributed by atoms with Gasteiger partial charge < -0.3 is 0 Å². The molecule has 0 amide bonds. The van der Waals surface area contributed by atoms with Crippen LogP contribution < -0.4 is 0 Å². The van der Waals surface area contributed by atoms with E-state index in [1.165, 1.54) is 6.07 Å². The Balaban J connectivity index is 3.13. The molecule has 0 saturated heterocycles. The molecular weight excluding hydrogens is 182 g/mol. The highest BCUT2D eigenvalue weighted by molar-refractivity contribution is 6.19. The molecule has 1 rings (SSSR count). The molecule has 0 bridgehead atoms. The molecule has 0 saturated carbocycles. The molecule has 1 aromatic carbocycles. The summed E-state index contributed by atoms with van der Waals surface area (Å²) in [4.78, 5) is 0. The molecule has 0 heterocycles. The summed E-state index contributed by atoms with van der Waals surface area (Å²) >= 11 is 5.24. The first-order valence-electron chi connectivity index (χ1n) is 3.24. The van der Waals surface area contributed by atoms with Crippen LogP contribution >= 0.6 is 11.6 Å². The smallest absolute Gasteiger partial charge is 0.141 e. The quantitative estimate of drug-likeness (QED) is 0.432. The van der Waals surface area contributed by atoms with Gasteiger partial charge in [0.25, 0.3) is 0 Å². The molecule has 0 aliphatic carbocycles. The van der Waals surface area contributed by atoms with Gasteiger partial charge in [0.15, 0.2) is 0 Å². The van der Waals surface area contributed by atoms with Crippen molar-refractivity contribution in [3.8, 4) is 11.8 Å². The van der Waals surface area contributed by atoms with Crippen molar-refractivity contribution in [3.05, 3.63) is 35.4 Å². The molecule has 0 atom stereocenters. The van der Waals surface area contributed by atoms with E-state index >= 15 is 0 Å². The lowest BCUT2D eigenvalue weighted by atomic mass is 10.2. The third kappa shape index (κ3) is 1.96. The molecule has 3 heteroatoms. The first-order chi connectivity index (χ1) is 5.75. The molecule has 0 spiro atoms. The molecule has 0 aliphatic rings. The fraction of sp³-hybridized carbons (Fsp3) is 0.111. The highest BCUT2D eigenvalue weighted by atomic mass is 35.5. The summed E-state index contributed by atoms with van der Waals surface area (Å²) in [6.45, 7) is 0. The van der Waals surface area contributed by atoms with E-state index in [9.17, 15) is 8.78 Å². The molecule has 0 N–H and O–H groups in total. The Labute approximate surface area is 74.2 Å². The number of halogens is 3. The molecule has 1 aromatic rings. The second-order valence-corrected chi connectivity index (χ2v) is 2.30. The first kappa shape index (κ1) is 9.02. The van der Waals surface area contributed by atoms with Gasteiger partial charge in [0.05, 0.1) is 11.4 Å². The topological polar surface area (TPSA) is 0 Å². The normalized spacial score (nSPS) is 8.92. The molecule has 0 aromatic heterocycles. The highest BCUT2D eigenvalue weighted by Gasteiger charge is 2.03. The van der Waals surface area contributed by atoms with E-state index in [1.807, 2.05) is 0 Å². The van der Waals surface area contributed by atoms with Gasteiger partial charge in [0, 0.05) is 0 Å². The van der Waals surface area contributed by atoms with Crippen molar-refractivity contribution in [1.82, 2.24) is 0 Å². The van der Waals surface area contributed by atoms with Crippen molar-refractivity contribution in [2.45, 2.75) is 0 Å². The lowest BCUT2D eigenvalue weighted by Gasteiger charge is -1.94. The zero-order valence-electron chi connectivity index (χ0n) is 6.07. The van der Waals surface area contributed by atoms with E-state index < -0.39 is 11.6 Å². The van der Waals surface area contributed by atoms with Crippen LogP contribution in [-0.2, 0) is 0 Å². The molecule has 0 radical (unpaired) electrons. The van der Waals surface area contributed by atoms with Gasteiger partial charge >= 0.3 is 0 Å². The summed E-state index contributed by atoms with van der Waals surface area (Å²) in [5.41, 5.74) is -0.224. The maximum absolute atomic E-state index is 12.8. The summed E-state index contributed by atoms with van der Waals surface area (Å²) in [5.74, 6) is 3.42. The predicted octanol–water partition coefficient (Wildman–Crippen LogP) is 2.56. The Bertz CT molecular complexity index is 316. The summed E-state index contributed by atoms with van der Waals surface area (Å²) in [6.07, 6.45) is 0. The Kier molecular flexibility index (Phi) is 3.07. The van der Waals surface area contributed by atoms with E-state index in [-0.39, 0.29) is 11.4 Å². The van der Waals surface area contributed by atoms with Crippen LogP contribution in [0.1, 0.15) is 5.56 Å². The minimum absolute atomic E-state index is 0.0633. The zero-order valence-corrected chi connectivity index (χ0v) is 6.83. The second kappa shape index (κ2) is 4.08. The molecule has 62 valence electrons. The van der Waals surface area contributed by atoms with Crippen LogP contribution in [0.15, 0.2) is 18.2 Å². The Hall–Kier alpha value is -1.07. The van der Waals surface area contributed by atoms with E-state index in [0.29, 0.717) is 0 Å². The van der Waals surface area contributed by atoms with Gasteiger partial charge in [0.2, 0.25) is 0 Å². The van der Waals surface area contributed by atoms with Gasteiger partial charge in [0.1, 0.15) is 11.6 Å². The van der Waals surface area contributed by atoms with E-state index in [1.54, 1.807) is 0 Å². The van der Waals surface area contributed by atoms with Gasteiger partial charge in [-0.15, -0.1) is 11.6 Å². The van der Waals surface area contributed by atoms with E-state index in [0.717, 1.165) is 12.1 Å².